The third-order valence-electron chi connectivity index (χ3n) is 5.40. The van der Waals surface area contributed by atoms with Gasteiger partial charge in [-0.05, 0) is 32.8 Å². The zero-order valence-electron chi connectivity index (χ0n) is 16.9. The van der Waals surface area contributed by atoms with Gasteiger partial charge in [0.05, 0.1) is 17.3 Å². The number of nitrogens with zero attached hydrogens (tertiary/aromatic N) is 3. The summed E-state index contributed by atoms with van der Waals surface area (Å²) in [4.78, 5) is 15.9. The highest BCUT2D eigenvalue weighted by Gasteiger charge is 2.33. The lowest BCUT2D eigenvalue weighted by Gasteiger charge is -2.36. The van der Waals surface area contributed by atoms with Crippen molar-refractivity contribution >= 4 is 28.5 Å². The molecule has 9 heteroatoms. The van der Waals surface area contributed by atoms with Crippen LogP contribution in [0.2, 0.25) is 5.02 Å². The second kappa shape index (κ2) is 8.83. The molecule has 0 aromatic carbocycles. The molecule has 0 saturated heterocycles. The van der Waals surface area contributed by atoms with E-state index in [1.165, 1.54) is 0 Å². The van der Waals surface area contributed by atoms with E-state index in [-0.39, 0.29) is 23.9 Å². The van der Waals surface area contributed by atoms with Crippen molar-refractivity contribution in [1.29, 1.82) is 0 Å². The summed E-state index contributed by atoms with van der Waals surface area (Å²) in [6.45, 7) is 3.76. The highest BCUT2D eigenvalue weighted by atomic mass is 35.5. The molecule has 1 aliphatic rings. The van der Waals surface area contributed by atoms with Crippen molar-refractivity contribution in [3.63, 3.8) is 0 Å². The number of halogens is 2. The third-order valence-corrected chi connectivity index (χ3v) is 5.61. The summed E-state index contributed by atoms with van der Waals surface area (Å²) in [5.41, 5.74) is 1.34. The zero-order valence-corrected chi connectivity index (χ0v) is 17.7. The first kappa shape index (κ1) is 21.0. The molecule has 1 saturated carbocycles. The number of pyridine rings is 1. The lowest BCUT2D eigenvalue weighted by atomic mass is 9.84. The van der Waals surface area contributed by atoms with Crippen LogP contribution in [0.4, 0.5) is 10.2 Å². The van der Waals surface area contributed by atoms with Gasteiger partial charge in [-0.15, -0.1) is 0 Å². The molecule has 2 unspecified atom stereocenters. The summed E-state index contributed by atoms with van der Waals surface area (Å²) in [5.74, 6) is -0.216. The Morgan fingerprint density at radius 2 is 2.07 bits per heavy atom. The Labute approximate surface area is 179 Å². The van der Waals surface area contributed by atoms with Gasteiger partial charge in [0.25, 0.3) is 0 Å². The number of hydrogen-bond acceptors (Lipinski definition) is 6. The van der Waals surface area contributed by atoms with Crippen LogP contribution in [0.3, 0.4) is 0 Å². The minimum Gasteiger partial charge on any atom is -0.368 e. The second-order valence-electron chi connectivity index (χ2n) is 7.92. The van der Waals surface area contributed by atoms with E-state index < -0.39 is 12.1 Å². The number of rotatable bonds is 6. The van der Waals surface area contributed by atoms with Crippen LogP contribution in [0.15, 0.2) is 24.7 Å². The fraction of sp³-hybridized carbons (Fsp3) is 0.476. The van der Waals surface area contributed by atoms with Crippen molar-refractivity contribution in [2.45, 2.75) is 58.0 Å². The summed E-state index contributed by atoms with van der Waals surface area (Å²) in [7, 11) is 0. The summed E-state index contributed by atoms with van der Waals surface area (Å²) >= 11 is 6.08. The maximum absolute atomic E-state index is 14.6. The molecule has 3 aromatic rings. The molecule has 30 heavy (non-hydrogen) atoms. The quantitative estimate of drug-likeness (QED) is 0.494. The summed E-state index contributed by atoms with van der Waals surface area (Å²) < 4.78 is 20.2. The molecule has 3 heterocycles. The van der Waals surface area contributed by atoms with Crippen molar-refractivity contribution in [2.24, 2.45) is 5.92 Å². The fourth-order valence-corrected chi connectivity index (χ4v) is 4.15. The number of aromatic amines is 1. The first-order valence-corrected chi connectivity index (χ1v) is 10.6. The third kappa shape index (κ3) is 4.40. The van der Waals surface area contributed by atoms with Crippen molar-refractivity contribution in [3.8, 4) is 11.4 Å². The number of aliphatic hydroxyl groups excluding tert-OH is 1. The molecule has 0 amide bonds. The first-order valence-electron chi connectivity index (χ1n) is 10.2. The molecule has 3 N–H and O–H groups in total. The average molecular weight is 434 g/mol. The molecular formula is C21H25ClFN5O2. The van der Waals surface area contributed by atoms with Crippen LogP contribution in [0.5, 0.6) is 0 Å². The van der Waals surface area contributed by atoms with E-state index in [2.05, 4.69) is 25.3 Å². The molecule has 3 atom stereocenters. The van der Waals surface area contributed by atoms with Gasteiger partial charge in [0, 0.05) is 35.3 Å². The Bertz CT molecular complexity index is 1030. The number of ether oxygens (including phenoxy) is 1. The Hall–Kier alpha value is -2.29. The number of aromatic nitrogens is 4. The molecule has 160 valence electrons. The minimum absolute atomic E-state index is 0.0905. The van der Waals surface area contributed by atoms with Gasteiger partial charge in [0.2, 0.25) is 0 Å². The fourth-order valence-electron chi connectivity index (χ4n) is 4.00. The molecule has 0 aliphatic heterocycles. The first-order chi connectivity index (χ1) is 14.4. The molecule has 1 fully saturated rings. The van der Waals surface area contributed by atoms with Crippen LogP contribution >= 0.6 is 11.6 Å². The smallest absolute Gasteiger partial charge is 0.183 e. The van der Waals surface area contributed by atoms with Gasteiger partial charge < -0.3 is 20.1 Å². The van der Waals surface area contributed by atoms with E-state index in [9.17, 15) is 9.50 Å². The Morgan fingerprint density at radius 3 is 2.87 bits per heavy atom. The predicted octanol–water partition coefficient (Wildman–Crippen LogP) is 4.53. The van der Waals surface area contributed by atoms with Crippen LogP contribution in [0.25, 0.3) is 22.4 Å². The summed E-state index contributed by atoms with van der Waals surface area (Å²) in [5, 5.41) is 15.0. The highest BCUT2D eigenvalue weighted by Crippen LogP contribution is 2.32. The molecule has 0 spiro atoms. The number of fused-ring (bicyclic) bond motifs is 1. The SMILES string of the molecule is CC(C)OC(O)[C@H]1CCCCC1Nc1nc(-c2c[nH]c3ncc(Cl)cc23)ncc1F. The molecular weight excluding hydrogens is 409 g/mol. The molecule has 3 aromatic heterocycles. The number of anilines is 1. The van der Waals surface area contributed by atoms with Gasteiger partial charge in [-0.3, -0.25) is 0 Å². The van der Waals surface area contributed by atoms with Gasteiger partial charge in [-0.2, -0.15) is 0 Å². The molecule has 0 radical (unpaired) electrons. The monoisotopic (exact) mass is 433 g/mol. The van der Waals surface area contributed by atoms with E-state index in [0.29, 0.717) is 22.1 Å². The van der Waals surface area contributed by atoms with Crippen molar-refractivity contribution < 1.29 is 14.2 Å². The van der Waals surface area contributed by atoms with E-state index in [1.807, 2.05) is 13.8 Å². The average Bonchev–Trinajstić information content (AvgIpc) is 3.12. The minimum atomic E-state index is -0.908. The number of hydrogen-bond donors (Lipinski definition) is 3. The van der Waals surface area contributed by atoms with Crippen LogP contribution in [-0.4, -0.2) is 43.5 Å². The Balaban J connectivity index is 1.62. The number of H-pyrrole nitrogens is 1. The van der Waals surface area contributed by atoms with Gasteiger partial charge in [0.1, 0.15) is 5.65 Å². The topological polar surface area (TPSA) is 96.0 Å². The van der Waals surface area contributed by atoms with Crippen LogP contribution in [-0.2, 0) is 4.74 Å². The normalized spacial score (nSPS) is 20.6. The highest BCUT2D eigenvalue weighted by molar-refractivity contribution is 6.31. The van der Waals surface area contributed by atoms with Gasteiger partial charge in [-0.1, -0.05) is 24.4 Å². The lowest BCUT2D eigenvalue weighted by molar-refractivity contribution is -0.164. The van der Waals surface area contributed by atoms with E-state index in [0.717, 1.165) is 37.3 Å². The van der Waals surface area contributed by atoms with Gasteiger partial charge in [0.15, 0.2) is 23.7 Å². The van der Waals surface area contributed by atoms with Crippen LogP contribution in [0.1, 0.15) is 39.5 Å². The van der Waals surface area contributed by atoms with Crippen molar-refractivity contribution in [1.82, 2.24) is 19.9 Å². The lowest BCUT2D eigenvalue weighted by Crippen LogP contribution is -2.42. The van der Waals surface area contributed by atoms with E-state index in [1.54, 1.807) is 18.5 Å². The zero-order chi connectivity index (χ0) is 21.3. The Kier molecular flexibility index (Phi) is 6.17. The molecule has 0 bridgehead atoms. The summed E-state index contributed by atoms with van der Waals surface area (Å²) in [6, 6.07) is 1.62. The largest absolute Gasteiger partial charge is 0.368 e. The van der Waals surface area contributed by atoms with Crippen molar-refractivity contribution in [2.75, 3.05) is 5.32 Å². The van der Waals surface area contributed by atoms with Crippen LogP contribution in [0, 0.1) is 11.7 Å². The maximum Gasteiger partial charge on any atom is 0.183 e. The molecule has 4 rings (SSSR count). The van der Waals surface area contributed by atoms with Crippen molar-refractivity contribution in [3.05, 3.63) is 35.5 Å². The molecule has 1 aliphatic carbocycles. The van der Waals surface area contributed by atoms with E-state index >= 15 is 0 Å². The van der Waals surface area contributed by atoms with E-state index in [4.69, 9.17) is 16.3 Å². The van der Waals surface area contributed by atoms with Crippen LogP contribution < -0.4 is 5.32 Å². The Morgan fingerprint density at radius 1 is 1.27 bits per heavy atom. The predicted molar refractivity (Wildman–Crippen MR) is 114 cm³/mol. The molecule has 7 nitrogen and oxygen atoms in total. The number of aliphatic hydroxyl groups is 1. The second-order valence-corrected chi connectivity index (χ2v) is 8.35. The van der Waals surface area contributed by atoms with Gasteiger partial charge >= 0.3 is 0 Å². The maximum atomic E-state index is 14.6. The summed E-state index contributed by atoms with van der Waals surface area (Å²) in [6.07, 6.45) is 7.04. The standard InChI is InChI=1S/C21H25ClFN5O2/c1-11(2)30-21(29)13-5-3-4-6-17(13)27-20-16(23)10-26-19(28-20)15-9-25-18-14(15)7-12(22)8-24-18/h7-11,13,17,21,29H,3-6H2,1-2H3,(H,24,25)(H,26,27,28)/t13-,17?,21?/m0/s1. The number of nitrogens with one attached hydrogen (secondary N) is 2. The van der Waals surface area contributed by atoms with Gasteiger partial charge in [-0.25, -0.2) is 19.3 Å².